The van der Waals surface area contributed by atoms with E-state index in [4.69, 9.17) is 4.74 Å². The van der Waals surface area contributed by atoms with Gasteiger partial charge in [0.1, 0.15) is 0 Å². The van der Waals surface area contributed by atoms with Crippen LogP contribution in [-0.2, 0) is 19.6 Å². The molecule has 3 amide bonds. The lowest BCUT2D eigenvalue weighted by Crippen LogP contribution is -2.49. The molecular weight excluding hydrogens is 374 g/mol. The van der Waals surface area contributed by atoms with E-state index in [1.54, 1.807) is 34.6 Å². The maximum absolute atomic E-state index is 12.1. The van der Waals surface area contributed by atoms with E-state index in [1.165, 1.54) is 18.2 Å². The Morgan fingerprint density at radius 3 is 2.33 bits per heavy atom. The number of imide groups is 1. The molecule has 3 N–H and O–H groups in total. The Balaban J connectivity index is 2.69. The van der Waals surface area contributed by atoms with Crippen molar-refractivity contribution in [2.24, 2.45) is 0 Å². The number of hydrogen-bond donors (Lipinski definition) is 3. The maximum atomic E-state index is 12.1. The molecule has 27 heavy (non-hydrogen) atoms. The SMILES string of the molecule is CC(C)NS(=O)(=O)c1cccc(C(=O)OCC(=O)NC(=O)NC(C)(C)C)c1. The third kappa shape index (κ3) is 8.18. The summed E-state index contributed by atoms with van der Waals surface area (Å²) in [5.74, 6) is -1.70. The molecule has 1 aromatic carbocycles. The van der Waals surface area contributed by atoms with E-state index in [0.717, 1.165) is 6.07 Å². The van der Waals surface area contributed by atoms with Gasteiger partial charge in [0, 0.05) is 11.6 Å². The molecule has 0 saturated heterocycles. The number of urea groups is 1. The number of ether oxygens (including phenoxy) is 1. The minimum Gasteiger partial charge on any atom is -0.452 e. The van der Waals surface area contributed by atoms with Crippen molar-refractivity contribution < 1.29 is 27.5 Å². The minimum atomic E-state index is -3.77. The number of carbonyl (C=O) groups excluding carboxylic acids is 3. The highest BCUT2D eigenvalue weighted by atomic mass is 32.2. The molecule has 0 fully saturated rings. The van der Waals surface area contributed by atoms with Gasteiger partial charge >= 0.3 is 12.0 Å². The van der Waals surface area contributed by atoms with Crippen molar-refractivity contribution in [3.63, 3.8) is 0 Å². The van der Waals surface area contributed by atoms with Gasteiger partial charge in [-0.1, -0.05) is 6.07 Å². The van der Waals surface area contributed by atoms with Gasteiger partial charge < -0.3 is 10.1 Å². The van der Waals surface area contributed by atoms with Crippen molar-refractivity contribution in [1.29, 1.82) is 0 Å². The predicted octanol–water partition coefficient (Wildman–Crippen LogP) is 1.15. The van der Waals surface area contributed by atoms with Crippen LogP contribution in [0, 0.1) is 0 Å². The average molecular weight is 399 g/mol. The summed E-state index contributed by atoms with van der Waals surface area (Å²) >= 11 is 0. The molecule has 0 atom stereocenters. The largest absolute Gasteiger partial charge is 0.452 e. The van der Waals surface area contributed by atoms with E-state index in [0.29, 0.717) is 0 Å². The first kappa shape index (κ1) is 22.6. The molecule has 0 unspecified atom stereocenters. The van der Waals surface area contributed by atoms with Crippen LogP contribution in [0.5, 0.6) is 0 Å². The lowest BCUT2D eigenvalue weighted by molar-refractivity contribution is -0.123. The van der Waals surface area contributed by atoms with Crippen molar-refractivity contribution in [1.82, 2.24) is 15.4 Å². The topological polar surface area (TPSA) is 131 Å². The molecule has 0 aliphatic heterocycles. The minimum absolute atomic E-state index is 0.0337. The lowest BCUT2D eigenvalue weighted by atomic mass is 10.1. The first-order valence-electron chi connectivity index (χ1n) is 8.22. The number of rotatable bonds is 6. The molecule has 1 rings (SSSR count). The number of nitrogens with one attached hydrogen (secondary N) is 3. The number of benzene rings is 1. The number of sulfonamides is 1. The summed E-state index contributed by atoms with van der Waals surface area (Å²) in [6.45, 7) is 7.89. The average Bonchev–Trinajstić information content (AvgIpc) is 2.49. The van der Waals surface area contributed by atoms with Crippen molar-refractivity contribution in [2.75, 3.05) is 6.61 Å². The first-order chi connectivity index (χ1) is 12.3. The van der Waals surface area contributed by atoms with Crippen LogP contribution in [-0.4, -0.2) is 44.5 Å². The summed E-state index contributed by atoms with van der Waals surface area (Å²) in [6.07, 6.45) is 0. The van der Waals surface area contributed by atoms with E-state index in [2.05, 4.69) is 10.0 Å². The molecule has 0 aromatic heterocycles. The molecular formula is C17H25N3O6S. The zero-order chi connectivity index (χ0) is 20.8. The zero-order valence-corrected chi connectivity index (χ0v) is 16.8. The van der Waals surface area contributed by atoms with Gasteiger partial charge in [-0.25, -0.2) is 22.7 Å². The molecule has 1 aromatic rings. The van der Waals surface area contributed by atoms with Crippen LogP contribution in [0.15, 0.2) is 29.2 Å². The summed E-state index contributed by atoms with van der Waals surface area (Å²) in [6, 6.07) is 4.22. The Morgan fingerprint density at radius 2 is 1.78 bits per heavy atom. The third-order valence-electron chi connectivity index (χ3n) is 2.85. The normalized spacial score (nSPS) is 11.8. The second-order valence-electron chi connectivity index (χ2n) is 7.13. The first-order valence-corrected chi connectivity index (χ1v) is 9.70. The highest BCUT2D eigenvalue weighted by Gasteiger charge is 2.19. The molecule has 0 bridgehead atoms. The smallest absolute Gasteiger partial charge is 0.338 e. The van der Waals surface area contributed by atoms with Crippen LogP contribution in [0.4, 0.5) is 4.79 Å². The van der Waals surface area contributed by atoms with Gasteiger partial charge in [-0.3, -0.25) is 10.1 Å². The Morgan fingerprint density at radius 1 is 1.15 bits per heavy atom. The van der Waals surface area contributed by atoms with E-state index in [9.17, 15) is 22.8 Å². The summed E-state index contributed by atoms with van der Waals surface area (Å²) in [5.41, 5.74) is -0.564. The fourth-order valence-corrected chi connectivity index (χ4v) is 3.21. The van der Waals surface area contributed by atoms with Crippen molar-refractivity contribution in [3.8, 4) is 0 Å². The van der Waals surface area contributed by atoms with Gasteiger partial charge in [0.05, 0.1) is 10.5 Å². The molecule has 0 aliphatic rings. The monoisotopic (exact) mass is 399 g/mol. The molecule has 0 saturated carbocycles. The zero-order valence-electron chi connectivity index (χ0n) is 16.0. The van der Waals surface area contributed by atoms with Gasteiger partial charge in [-0.2, -0.15) is 0 Å². The molecule has 10 heteroatoms. The standard InChI is InChI=1S/C17H25N3O6S/c1-11(2)20-27(24,25)13-8-6-7-12(9-13)15(22)26-10-14(21)18-16(23)19-17(3,4)5/h6-9,11,20H,10H2,1-5H3,(H2,18,19,21,23). The molecule has 0 spiro atoms. The van der Waals surface area contributed by atoms with Crippen LogP contribution in [0.25, 0.3) is 0 Å². The maximum Gasteiger partial charge on any atom is 0.338 e. The van der Waals surface area contributed by atoms with Gasteiger partial charge in [0.25, 0.3) is 5.91 Å². The van der Waals surface area contributed by atoms with Crippen LogP contribution in [0.3, 0.4) is 0 Å². The molecule has 9 nitrogen and oxygen atoms in total. The Labute approximate surface area is 158 Å². The predicted molar refractivity (Wildman–Crippen MR) is 98.6 cm³/mol. The van der Waals surface area contributed by atoms with Crippen molar-refractivity contribution in [3.05, 3.63) is 29.8 Å². The van der Waals surface area contributed by atoms with Crippen LogP contribution >= 0.6 is 0 Å². The molecule has 0 radical (unpaired) electrons. The van der Waals surface area contributed by atoms with Crippen molar-refractivity contribution >= 4 is 27.9 Å². The van der Waals surface area contributed by atoms with Crippen LogP contribution in [0.2, 0.25) is 0 Å². The van der Waals surface area contributed by atoms with E-state index in [-0.39, 0.29) is 16.5 Å². The summed E-state index contributed by atoms with van der Waals surface area (Å²) < 4.78 is 31.5. The molecule has 0 heterocycles. The highest BCUT2D eigenvalue weighted by molar-refractivity contribution is 7.89. The summed E-state index contributed by atoms with van der Waals surface area (Å²) in [5, 5.41) is 4.55. The van der Waals surface area contributed by atoms with Gasteiger partial charge in [0.2, 0.25) is 10.0 Å². The second-order valence-corrected chi connectivity index (χ2v) is 8.85. The van der Waals surface area contributed by atoms with Crippen molar-refractivity contribution in [2.45, 2.75) is 51.1 Å². The number of hydrogen-bond acceptors (Lipinski definition) is 6. The highest BCUT2D eigenvalue weighted by Crippen LogP contribution is 2.13. The quantitative estimate of drug-likeness (QED) is 0.615. The van der Waals surface area contributed by atoms with Gasteiger partial charge in [-0.15, -0.1) is 0 Å². The number of esters is 1. The number of amides is 3. The summed E-state index contributed by atoms with van der Waals surface area (Å²) in [4.78, 5) is 35.2. The number of carbonyl (C=O) groups is 3. The summed E-state index contributed by atoms with van der Waals surface area (Å²) in [7, 11) is -3.77. The molecule has 150 valence electrons. The van der Waals surface area contributed by atoms with E-state index >= 15 is 0 Å². The second kappa shape index (κ2) is 8.96. The van der Waals surface area contributed by atoms with Crippen LogP contribution < -0.4 is 15.4 Å². The third-order valence-corrected chi connectivity index (χ3v) is 4.50. The van der Waals surface area contributed by atoms with Gasteiger partial charge in [0.15, 0.2) is 6.61 Å². The van der Waals surface area contributed by atoms with Crippen LogP contribution in [0.1, 0.15) is 45.0 Å². The Bertz CT molecular complexity index is 812. The fraction of sp³-hybridized carbons (Fsp3) is 0.471. The van der Waals surface area contributed by atoms with E-state index < -0.39 is 40.1 Å². The lowest BCUT2D eigenvalue weighted by Gasteiger charge is -2.20. The van der Waals surface area contributed by atoms with Gasteiger partial charge in [-0.05, 0) is 52.8 Å². The fourth-order valence-electron chi connectivity index (χ4n) is 1.92. The Kier molecular flexibility index (Phi) is 7.49. The van der Waals surface area contributed by atoms with E-state index in [1.807, 2.05) is 5.32 Å². The molecule has 0 aliphatic carbocycles. The Hall–Kier alpha value is -2.46.